The molecule has 0 bridgehead atoms. The van der Waals surface area contributed by atoms with Crippen LogP contribution in [0.1, 0.15) is 54.2 Å². The molecule has 1 aromatic heterocycles. The lowest BCUT2D eigenvalue weighted by atomic mass is 9.90. The van der Waals surface area contributed by atoms with Gasteiger partial charge in [-0.2, -0.15) is 0 Å². The van der Waals surface area contributed by atoms with Gasteiger partial charge in [0.05, 0.1) is 0 Å². The third-order valence-corrected chi connectivity index (χ3v) is 7.12. The molecule has 1 N–H and O–H groups in total. The number of thiophene rings is 1. The Morgan fingerprint density at radius 3 is 2.71 bits per heavy atom. The highest BCUT2D eigenvalue weighted by molar-refractivity contribution is 7.10. The minimum Gasteiger partial charge on any atom is -0.379 e. The van der Waals surface area contributed by atoms with Gasteiger partial charge >= 0.3 is 0 Å². The molecule has 150 valence electrons. The molecule has 2 aliphatic rings. The number of fused-ring (bicyclic) bond motifs is 1. The fourth-order valence-electron chi connectivity index (χ4n) is 4.40. The van der Waals surface area contributed by atoms with E-state index in [0.717, 1.165) is 38.0 Å². The summed E-state index contributed by atoms with van der Waals surface area (Å²) in [6.07, 6.45) is 2.43. The zero-order valence-corrected chi connectivity index (χ0v) is 17.7. The molecule has 1 aromatic carbocycles. The first kappa shape index (κ1) is 19.6. The van der Waals surface area contributed by atoms with Crippen LogP contribution < -0.4 is 0 Å². The van der Waals surface area contributed by atoms with Crippen molar-refractivity contribution in [3.8, 4) is 0 Å². The molecule has 1 amide bonds. The van der Waals surface area contributed by atoms with Crippen LogP contribution in [0.2, 0.25) is 0 Å². The summed E-state index contributed by atoms with van der Waals surface area (Å²) in [7, 11) is 0. The van der Waals surface area contributed by atoms with E-state index in [9.17, 15) is 9.90 Å². The van der Waals surface area contributed by atoms with Crippen LogP contribution in [0.25, 0.3) is 0 Å². The number of hydrogen-bond acceptors (Lipinski definition) is 4. The van der Waals surface area contributed by atoms with Crippen molar-refractivity contribution >= 4 is 17.2 Å². The van der Waals surface area contributed by atoms with Crippen LogP contribution in [0.5, 0.6) is 0 Å². The maximum absolute atomic E-state index is 13.1. The van der Waals surface area contributed by atoms with Crippen molar-refractivity contribution in [3.05, 3.63) is 57.3 Å². The second-order valence-electron chi connectivity index (χ2n) is 8.59. The van der Waals surface area contributed by atoms with Crippen LogP contribution >= 0.6 is 11.3 Å². The summed E-state index contributed by atoms with van der Waals surface area (Å²) in [5.74, 6) is 0.395. The molecule has 5 heteroatoms. The fourth-order valence-corrected chi connectivity index (χ4v) is 5.29. The molecule has 4 nitrogen and oxygen atoms in total. The Kier molecular flexibility index (Phi) is 5.59. The van der Waals surface area contributed by atoms with Gasteiger partial charge in [-0.15, -0.1) is 11.3 Å². The monoisotopic (exact) mass is 398 g/mol. The molecule has 1 unspecified atom stereocenters. The molecular formula is C23H30N2O2S. The van der Waals surface area contributed by atoms with Crippen molar-refractivity contribution in [1.82, 2.24) is 9.80 Å². The molecule has 1 saturated heterocycles. The molecule has 2 aliphatic heterocycles. The van der Waals surface area contributed by atoms with E-state index in [1.165, 1.54) is 16.0 Å². The van der Waals surface area contributed by atoms with E-state index >= 15 is 0 Å². The highest BCUT2D eigenvalue weighted by atomic mass is 32.1. The average Bonchev–Trinajstić information content (AvgIpc) is 3.14. The van der Waals surface area contributed by atoms with Gasteiger partial charge in [-0.3, -0.25) is 9.69 Å². The van der Waals surface area contributed by atoms with Crippen molar-refractivity contribution in [2.24, 2.45) is 0 Å². The molecule has 0 radical (unpaired) electrons. The summed E-state index contributed by atoms with van der Waals surface area (Å²) >= 11 is 1.81. The maximum Gasteiger partial charge on any atom is 0.256 e. The van der Waals surface area contributed by atoms with E-state index in [0.29, 0.717) is 25.4 Å². The van der Waals surface area contributed by atoms with Gasteiger partial charge in [0, 0.05) is 37.6 Å². The molecule has 2 aromatic rings. The zero-order valence-electron chi connectivity index (χ0n) is 16.9. The Bertz CT molecular complexity index is 829. The maximum atomic E-state index is 13.1. The summed E-state index contributed by atoms with van der Waals surface area (Å²) in [4.78, 5) is 18.7. The largest absolute Gasteiger partial charge is 0.379 e. The third-order valence-electron chi connectivity index (χ3n) is 6.10. The van der Waals surface area contributed by atoms with Gasteiger partial charge in [0.15, 0.2) is 5.60 Å². The number of rotatable bonds is 5. The lowest BCUT2D eigenvalue weighted by Crippen LogP contribution is -2.58. The van der Waals surface area contributed by atoms with Crippen LogP contribution in [-0.4, -0.2) is 46.0 Å². The van der Waals surface area contributed by atoms with Crippen LogP contribution in [0.15, 0.2) is 35.7 Å². The van der Waals surface area contributed by atoms with Crippen molar-refractivity contribution in [1.29, 1.82) is 0 Å². The number of carbonyl (C=O) groups excluding carboxylic acids is 1. The standard InChI is InChI=1S/C23H30N2O2S/c1-17(2)19-6-4-18(5-7-19)14-25-11-3-10-23(27,22(25)26)16-24-12-8-21-20(15-24)9-13-28-21/h4-7,9,13,17,27H,3,8,10-12,14-16H2,1-2H3. The topological polar surface area (TPSA) is 43.8 Å². The Hall–Kier alpha value is -1.69. The summed E-state index contributed by atoms with van der Waals surface area (Å²) < 4.78 is 0. The number of nitrogens with zero attached hydrogens (tertiary/aromatic N) is 2. The lowest BCUT2D eigenvalue weighted by molar-refractivity contribution is -0.160. The van der Waals surface area contributed by atoms with E-state index < -0.39 is 5.60 Å². The van der Waals surface area contributed by atoms with Crippen LogP contribution in [0.4, 0.5) is 0 Å². The average molecular weight is 399 g/mol. The Morgan fingerprint density at radius 2 is 1.96 bits per heavy atom. The van der Waals surface area contributed by atoms with Gasteiger partial charge in [-0.25, -0.2) is 0 Å². The fraction of sp³-hybridized carbons (Fsp3) is 0.522. The van der Waals surface area contributed by atoms with Gasteiger partial charge in [-0.05, 0) is 53.3 Å². The second kappa shape index (κ2) is 7.97. The Labute approximate surface area is 171 Å². The predicted octanol–water partition coefficient (Wildman–Crippen LogP) is 3.78. The predicted molar refractivity (Wildman–Crippen MR) is 113 cm³/mol. The number of hydrogen-bond donors (Lipinski definition) is 1. The SMILES string of the molecule is CC(C)c1ccc(CN2CCCC(O)(CN3CCc4sccc4C3)C2=O)cc1. The molecule has 28 heavy (non-hydrogen) atoms. The zero-order chi connectivity index (χ0) is 19.7. The van der Waals surface area contributed by atoms with Crippen LogP contribution in [-0.2, 0) is 24.3 Å². The minimum absolute atomic E-state index is 0.109. The van der Waals surface area contributed by atoms with Crippen molar-refractivity contribution < 1.29 is 9.90 Å². The second-order valence-corrected chi connectivity index (χ2v) is 9.59. The quantitative estimate of drug-likeness (QED) is 0.834. The highest BCUT2D eigenvalue weighted by Gasteiger charge is 2.43. The molecule has 0 saturated carbocycles. The van der Waals surface area contributed by atoms with Crippen molar-refractivity contribution in [2.45, 2.75) is 57.7 Å². The number of benzene rings is 1. The van der Waals surface area contributed by atoms with Gasteiger partial charge in [-0.1, -0.05) is 38.1 Å². The summed E-state index contributed by atoms with van der Waals surface area (Å²) in [5.41, 5.74) is 2.53. The number of aliphatic hydroxyl groups is 1. The van der Waals surface area contributed by atoms with E-state index in [1.807, 2.05) is 16.2 Å². The number of amides is 1. The van der Waals surface area contributed by atoms with E-state index in [1.54, 1.807) is 0 Å². The van der Waals surface area contributed by atoms with Gasteiger partial charge in [0.25, 0.3) is 5.91 Å². The third kappa shape index (κ3) is 4.02. The van der Waals surface area contributed by atoms with Crippen molar-refractivity contribution in [3.63, 3.8) is 0 Å². The number of piperidine rings is 1. The lowest BCUT2D eigenvalue weighted by Gasteiger charge is -2.41. The van der Waals surface area contributed by atoms with Crippen LogP contribution in [0.3, 0.4) is 0 Å². The van der Waals surface area contributed by atoms with E-state index in [2.05, 4.69) is 54.5 Å². The minimum atomic E-state index is -1.26. The van der Waals surface area contributed by atoms with Gasteiger partial charge in [0.2, 0.25) is 0 Å². The number of β-amino-alcohol motifs (C(OH)–C–C–N with tert-alkyl or cyclic N) is 1. The normalized spacial score (nSPS) is 23.3. The molecule has 4 rings (SSSR count). The Balaban J connectivity index is 1.42. The molecule has 1 atom stereocenters. The number of likely N-dealkylation sites (tertiary alicyclic amines) is 1. The van der Waals surface area contributed by atoms with Gasteiger partial charge in [0.1, 0.15) is 0 Å². The Morgan fingerprint density at radius 1 is 1.18 bits per heavy atom. The van der Waals surface area contributed by atoms with E-state index in [4.69, 9.17) is 0 Å². The smallest absolute Gasteiger partial charge is 0.256 e. The molecule has 3 heterocycles. The van der Waals surface area contributed by atoms with Crippen LogP contribution in [0, 0.1) is 0 Å². The molecule has 0 spiro atoms. The van der Waals surface area contributed by atoms with Crippen molar-refractivity contribution in [2.75, 3.05) is 19.6 Å². The number of carbonyl (C=O) groups is 1. The first-order valence-corrected chi connectivity index (χ1v) is 11.2. The summed E-state index contributed by atoms with van der Waals surface area (Å²) in [6.45, 7) is 7.86. The highest BCUT2D eigenvalue weighted by Crippen LogP contribution is 2.29. The summed E-state index contributed by atoms with van der Waals surface area (Å²) in [5, 5.41) is 13.4. The first-order valence-electron chi connectivity index (χ1n) is 10.3. The molecular weight excluding hydrogens is 368 g/mol. The van der Waals surface area contributed by atoms with Gasteiger partial charge < -0.3 is 10.0 Å². The molecule has 1 fully saturated rings. The summed E-state index contributed by atoms with van der Waals surface area (Å²) in [6, 6.07) is 10.7. The van der Waals surface area contributed by atoms with E-state index in [-0.39, 0.29) is 5.91 Å². The first-order chi connectivity index (χ1) is 13.4. The molecule has 0 aliphatic carbocycles.